The fourth-order valence-corrected chi connectivity index (χ4v) is 6.02. The minimum Gasteiger partial charge on any atom is -0.462 e. The van der Waals surface area contributed by atoms with Crippen molar-refractivity contribution in [2.24, 2.45) is 0 Å². The van der Waals surface area contributed by atoms with Gasteiger partial charge in [-0.05, 0) is 84.0 Å². The highest BCUT2D eigenvalue weighted by Gasteiger charge is 2.25. The Morgan fingerprint density at radius 2 is 0.962 bits per heavy atom. The highest BCUT2D eigenvalue weighted by molar-refractivity contribution is 7.47. The van der Waals surface area contributed by atoms with E-state index in [0.717, 1.165) is 103 Å². The Balaban J connectivity index is 4.16. The van der Waals surface area contributed by atoms with Gasteiger partial charge in [0.1, 0.15) is 6.61 Å². The molecule has 1 N–H and O–H groups in total. The van der Waals surface area contributed by atoms with Crippen LogP contribution in [0.2, 0.25) is 0 Å². The minimum atomic E-state index is -4.29. The lowest BCUT2D eigenvalue weighted by molar-refractivity contribution is -0.161. The number of rotatable bonds is 37. The van der Waals surface area contributed by atoms with Crippen LogP contribution in [0.25, 0.3) is 0 Å². The first-order valence-corrected chi connectivity index (χ1v) is 22.1. The molecule has 9 heteroatoms. The average molecular weight is 751 g/mol. The van der Waals surface area contributed by atoms with Crippen LogP contribution in [0.4, 0.5) is 0 Å². The summed E-state index contributed by atoms with van der Waals surface area (Å²) in [6, 6.07) is 0. The molecule has 0 fully saturated rings. The van der Waals surface area contributed by atoms with Crippen LogP contribution in [-0.2, 0) is 32.7 Å². The van der Waals surface area contributed by atoms with Crippen LogP contribution in [0.1, 0.15) is 175 Å². The van der Waals surface area contributed by atoms with E-state index >= 15 is 0 Å². The Kier molecular flexibility index (Phi) is 36.8. The first-order chi connectivity index (χ1) is 25.3. The molecule has 0 aliphatic carbocycles. The van der Waals surface area contributed by atoms with Gasteiger partial charge in [-0.2, -0.15) is 0 Å². The number of allylic oxidation sites excluding steroid dienone is 10. The fraction of sp³-hybridized carbons (Fsp3) is 0.721. The van der Waals surface area contributed by atoms with Crippen molar-refractivity contribution in [1.82, 2.24) is 0 Å². The average Bonchev–Trinajstić information content (AvgIpc) is 3.12. The highest BCUT2D eigenvalue weighted by atomic mass is 31.2. The molecule has 0 heterocycles. The molecule has 0 aromatic rings. The Labute approximate surface area is 318 Å². The predicted molar refractivity (Wildman–Crippen MR) is 216 cm³/mol. The fourth-order valence-electron chi connectivity index (χ4n) is 5.26. The van der Waals surface area contributed by atoms with Crippen molar-refractivity contribution in [3.05, 3.63) is 60.8 Å². The molecule has 0 saturated heterocycles. The number of hydrogen-bond donors (Lipinski definition) is 1. The summed E-state index contributed by atoms with van der Waals surface area (Å²) in [7, 11) is -4.29. The summed E-state index contributed by atoms with van der Waals surface area (Å²) in [4.78, 5) is 34.7. The summed E-state index contributed by atoms with van der Waals surface area (Å²) in [5.74, 6) is -0.834. The third-order valence-electron chi connectivity index (χ3n) is 8.28. The van der Waals surface area contributed by atoms with Crippen molar-refractivity contribution in [2.45, 2.75) is 181 Å². The van der Waals surface area contributed by atoms with Gasteiger partial charge in [0.25, 0.3) is 0 Å². The summed E-state index contributed by atoms with van der Waals surface area (Å²) in [6.07, 6.45) is 45.5. The molecule has 0 amide bonds. The minimum absolute atomic E-state index is 0.00743. The van der Waals surface area contributed by atoms with Crippen LogP contribution >= 0.6 is 7.82 Å². The number of esters is 2. The summed E-state index contributed by atoms with van der Waals surface area (Å²) in [5, 5.41) is 0. The van der Waals surface area contributed by atoms with Crippen LogP contribution in [0.5, 0.6) is 0 Å². The number of carbonyl (C=O) groups is 2. The molecule has 0 radical (unpaired) electrons. The molecular weight excluding hydrogens is 675 g/mol. The standard InChI is InChI=1S/C43H75O8P/c1-4-7-9-11-13-15-17-19-20-21-22-23-24-26-28-30-32-34-36-38-43(45)51-41(40-50-52(46,47)49-6-3)39-48-42(44)37-35-33-31-29-27-25-18-16-14-12-10-8-5-2/h10,12-13,15-16,18-20,22-23,41H,4-9,11,14,17,21,24-40H2,1-3H3,(H,46,47)/b12-10-,15-13-,18-16-,20-19-,23-22-. The lowest BCUT2D eigenvalue weighted by atomic mass is 10.1. The van der Waals surface area contributed by atoms with Crippen molar-refractivity contribution in [3.63, 3.8) is 0 Å². The normalized spacial score (nSPS) is 14.0. The van der Waals surface area contributed by atoms with Gasteiger partial charge in [-0.3, -0.25) is 18.6 Å². The first kappa shape index (κ1) is 49.8. The lowest BCUT2D eigenvalue weighted by Crippen LogP contribution is -2.29. The van der Waals surface area contributed by atoms with Crippen molar-refractivity contribution >= 4 is 19.8 Å². The molecule has 300 valence electrons. The SMILES string of the molecule is CCC/C=C\C/C=C\CCCCCCCC(=O)OCC(COP(=O)(O)OCC)OC(=O)CCCCCCCC/C=C\C/C=C\C/C=C\CCCCC. The number of phosphoric acid groups is 1. The third kappa shape index (κ3) is 37.5. The Hall–Kier alpha value is -2.25. The summed E-state index contributed by atoms with van der Waals surface area (Å²) in [6.45, 7) is 5.33. The molecule has 0 aromatic carbocycles. The van der Waals surface area contributed by atoms with E-state index in [9.17, 15) is 19.0 Å². The maximum Gasteiger partial charge on any atom is 0.472 e. The molecule has 52 heavy (non-hydrogen) atoms. The van der Waals surface area contributed by atoms with Crippen LogP contribution in [-0.4, -0.2) is 42.8 Å². The number of hydrogen-bond acceptors (Lipinski definition) is 7. The van der Waals surface area contributed by atoms with Gasteiger partial charge in [-0.1, -0.05) is 139 Å². The molecule has 0 rings (SSSR count). The van der Waals surface area contributed by atoms with E-state index in [4.69, 9.17) is 18.5 Å². The maximum absolute atomic E-state index is 12.5. The smallest absolute Gasteiger partial charge is 0.462 e. The first-order valence-electron chi connectivity index (χ1n) is 20.6. The third-order valence-corrected chi connectivity index (χ3v) is 9.34. The van der Waals surface area contributed by atoms with Crippen LogP contribution in [0.3, 0.4) is 0 Å². The molecule has 0 saturated carbocycles. The van der Waals surface area contributed by atoms with E-state index in [1.165, 1.54) is 32.1 Å². The van der Waals surface area contributed by atoms with Crippen molar-refractivity contribution in [3.8, 4) is 0 Å². The van der Waals surface area contributed by atoms with E-state index in [2.05, 4.69) is 74.6 Å². The summed E-state index contributed by atoms with van der Waals surface area (Å²) >= 11 is 0. The maximum atomic E-state index is 12.5. The lowest BCUT2D eigenvalue weighted by Gasteiger charge is -2.19. The van der Waals surface area contributed by atoms with Crippen molar-refractivity contribution in [2.75, 3.05) is 19.8 Å². The van der Waals surface area contributed by atoms with Gasteiger partial charge in [-0.25, -0.2) is 4.57 Å². The van der Waals surface area contributed by atoms with Gasteiger partial charge in [0, 0.05) is 12.8 Å². The second-order valence-corrected chi connectivity index (χ2v) is 14.7. The number of ether oxygens (including phenoxy) is 2. The predicted octanol–water partition coefficient (Wildman–Crippen LogP) is 12.8. The molecule has 0 aromatic heterocycles. The van der Waals surface area contributed by atoms with Crippen LogP contribution in [0.15, 0.2) is 60.8 Å². The second kappa shape index (κ2) is 38.5. The van der Waals surface area contributed by atoms with Crippen molar-refractivity contribution in [1.29, 1.82) is 0 Å². The summed E-state index contributed by atoms with van der Waals surface area (Å²) in [5.41, 5.74) is 0. The van der Waals surface area contributed by atoms with Crippen LogP contribution in [0, 0.1) is 0 Å². The zero-order valence-corrected chi connectivity index (χ0v) is 34.1. The van der Waals surface area contributed by atoms with E-state index in [0.29, 0.717) is 6.42 Å². The Morgan fingerprint density at radius 3 is 1.46 bits per heavy atom. The van der Waals surface area contributed by atoms with E-state index in [1.54, 1.807) is 6.92 Å². The number of unbranched alkanes of at least 4 members (excludes halogenated alkanes) is 15. The van der Waals surface area contributed by atoms with E-state index in [1.807, 2.05) is 0 Å². The number of carbonyl (C=O) groups excluding carboxylic acids is 2. The van der Waals surface area contributed by atoms with E-state index in [-0.39, 0.29) is 32.0 Å². The molecule has 2 atom stereocenters. The zero-order chi connectivity index (χ0) is 38.2. The highest BCUT2D eigenvalue weighted by Crippen LogP contribution is 2.43. The van der Waals surface area contributed by atoms with Gasteiger partial charge in [0.2, 0.25) is 0 Å². The van der Waals surface area contributed by atoms with Gasteiger partial charge in [-0.15, -0.1) is 0 Å². The molecule has 0 aliphatic rings. The van der Waals surface area contributed by atoms with Crippen molar-refractivity contribution < 1.29 is 37.6 Å². The monoisotopic (exact) mass is 751 g/mol. The van der Waals surface area contributed by atoms with E-state index < -0.39 is 26.5 Å². The molecule has 2 unspecified atom stereocenters. The molecule has 0 spiro atoms. The van der Waals surface area contributed by atoms with Gasteiger partial charge >= 0.3 is 19.8 Å². The largest absolute Gasteiger partial charge is 0.472 e. The molecule has 0 bridgehead atoms. The Bertz CT molecular complexity index is 1030. The number of phosphoric ester groups is 1. The summed E-state index contributed by atoms with van der Waals surface area (Å²) < 4.78 is 32.6. The van der Waals surface area contributed by atoms with Crippen LogP contribution < -0.4 is 0 Å². The molecule has 8 nitrogen and oxygen atoms in total. The van der Waals surface area contributed by atoms with Gasteiger partial charge in [0.15, 0.2) is 6.10 Å². The van der Waals surface area contributed by atoms with Gasteiger partial charge < -0.3 is 14.4 Å². The topological polar surface area (TPSA) is 108 Å². The quantitative estimate of drug-likeness (QED) is 0.0289. The second-order valence-electron chi connectivity index (χ2n) is 13.3. The Morgan fingerprint density at radius 1 is 0.519 bits per heavy atom. The van der Waals surface area contributed by atoms with Gasteiger partial charge in [0.05, 0.1) is 13.2 Å². The zero-order valence-electron chi connectivity index (χ0n) is 33.2. The molecular formula is C43H75O8P. The molecule has 0 aliphatic heterocycles.